The highest BCUT2D eigenvalue weighted by atomic mass is 15.3. The molecule has 0 atom stereocenters. The maximum atomic E-state index is 5.34. The van der Waals surface area contributed by atoms with E-state index < -0.39 is 5.54 Å². The van der Waals surface area contributed by atoms with Crippen molar-refractivity contribution in [1.82, 2.24) is 24.6 Å². The number of fused-ring (bicyclic) bond motifs is 1. The van der Waals surface area contributed by atoms with Gasteiger partial charge in [-0.1, -0.05) is 127 Å². The van der Waals surface area contributed by atoms with E-state index in [4.69, 9.17) is 10.1 Å². The second-order valence-corrected chi connectivity index (χ2v) is 12.6. The molecule has 236 valence electrons. The molecule has 0 radical (unpaired) electrons. The molecule has 6 heteroatoms. The summed E-state index contributed by atoms with van der Waals surface area (Å²) in [6.07, 6.45) is 3.81. The number of aromatic nitrogens is 4. The quantitative estimate of drug-likeness (QED) is 0.160. The van der Waals surface area contributed by atoms with Gasteiger partial charge in [0.25, 0.3) is 0 Å². The van der Waals surface area contributed by atoms with E-state index in [2.05, 4.69) is 172 Å². The van der Waals surface area contributed by atoms with Crippen molar-refractivity contribution >= 4 is 16.7 Å². The van der Waals surface area contributed by atoms with Crippen LogP contribution in [0.4, 0.5) is 5.82 Å². The number of aryl methyl sites for hydroxylation is 1. The predicted molar refractivity (Wildman–Crippen MR) is 194 cm³/mol. The number of anilines is 1. The number of hydrogen-bond donors (Lipinski definition) is 0. The van der Waals surface area contributed by atoms with Gasteiger partial charge in [0.15, 0.2) is 0 Å². The van der Waals surface area contributed by atoms with Crippen molar-refractivity contribution in [1.29, 1.82) is 0 Å². The summed E-state index contributed by atoms with van der Waals surface area (Å²) < 4.78 is 2.13. The fraction of sp³-hybridized carbons (Fsp3) is 0.167. The largest absolute Gasteiger partial charge is 0.353 e. The fourth-order valence-electron chi connectivity index (χ4n) is 7.12. The van der Waals surface area contributed by atoms with Crippen LogP contribution in [0.1, 0.15) is 27.8 Å². The van der Waals surface area contributed by atoms with Gasteiger partial charge in [-0.05, 0) is 47.4 Å². The summed E-state index contributed by atoms with van der Waals surface area (Å²) in [6.45, 7) is 6.93. The lowest BCUT2D eigenvalue weighted by atomic mass is 9.77. The molecular weight excluding hydrogens is 589 g/mol. The molecule has 1 saturated heterocycles. The van der Waals surface area contributed by atoms with Gasteiger partial charge in [0, 0.05) is 49.9 Å². The molecule has 0 spiro atoms. The Bertz CT molecular complexity index is 2020. The van der Waals surface area contributed by atoms with Crippen LogP contribution < -0.4 is 4.90 Å². The molecular formula is C42H38N6. The molecule has 1 aliphatic rings. The smallest absolute Gasteiger partial charge is 0.139 e. The third-order valence-electron chi connectivity index (χ3n) is 9.62. The summed E-state index contributed by atoms with van der Waals surface area (Å²) >= 11 is 0. The van der Waals surface area contributed by atoms with Crippen LogP contribution in [0.15, 0.2) is 152 Å². The Kier molecular flexibility index (Phi) is 8.00. The van der Waals surface area contributed by atoms with Crippen LogP contribution in [-0.2, 0) is 12.1 Å². The van der Waals surface area contributed by atoms with E-state index in [1.165, 1.54) is 11.1 Å². The van der Waals surface area contributed by atoms with E-state index in [0.717, 1.165) is 77.4 Å². The molecule has 2 aromatic heterocycles. The maximum Gasteiger partial charge on any atom is 0.139 e. The van der Waals surface area contributed by atoms with Crippen LogP contribution in [0.2, 0.25) is 0 Å². The van der Waals surface area contributed by atoms with E-state index in [1.807, 2.05) is 0 Å². The first-order valence-electron chi connectivity index (χ1n) is 16.7. The average Bonchev–Trinajstić information content (AvgIpc) is 3.65. The van der Waals surface area contributed by atoms with Gasteiger partial charge in [-0.15, -0.1) is 0 Å². The second-order valence-electron chi connectivity index (χ2n) is 12.6. The van der Waals surface area contributed by atoms with Gasteiger partial charge >= 0.3 is 0 Å². The number of hydrogen-bond acceptors (Lipinski definition) is 5. The molecule has 8 rings (SSSR count). The summed E-state index contributed by atoms with van der Waals surface area (Å²) in [5, 5.41) is 6.39. The van der Waals surface area contributed by atoms with Crippen molar-refractivity contribution in [3.63, 3.8) is 0 Å². The molecule has 1 aliphatic heterocycles. The molecule has 0 amide bonds. The SMILES string of the molecule is Cc1ccc(CN2CCN(c3ncnc4ccc(-c5ccn(C(c6ccccc6)(c6ccccc6)c6ccccc6)n5)cc34)CC2)cc1. The molecule has 6 nitrogen and oxygen atoms in total. The van der Waals surface area contributed by atoms with E-state index in [-0.39, 0.29) is 0 Å². The minimum atomic E-state index is -0.661. The summed E-state index contributed by atoms with van der Waals surface area (Å²) in [5.41, 5.74) is 8.33. The molecule has 0 aliphatic carbocycles. The molecule has 48 heavy (non-hydrogen) atoms. The average molecular weight is 627 g/mol. The molecule has 0 N–H and O–H groups in total. The molecule has 7 aromatic rings. The number of nitrogens with zero attached hydrogens (tertiary/aromatic N) is 6. The lowest BCUT2D eigenvalue weighted by Crippen LogP contribution is -2.46. The molecule has 3 heterocycles. The summed E-state index contributed by atoms with van der Waals surface area (Å²) in [4.78, 5) is 14.4. The Balaban J connectivity index is 1.15. The summed E-state index contributed by atoms with van der Waals surface area (Å²) in [5.74, 6) is 0.989. The zero-order valence-electron chi connectivity index (χ0n) is 27.2. The lowest BCUT2D eigenvalue weighted by Gasteiger charge is -2.36. The van der Waals surface area contributed by atoms with Crippen molar-refractivity contribution in [3.05, 3.63) is 180 Å². The summed E-state index contributed by atoms with van der Waals surface area (Å²) in [6, 6.07) is 49.4. The molecule has 0 saturated carbocycles. The maximum absolute atomic E-state index is 5.34. The normalized spacial score (nSPS) is 14.0. The first-order valence-corrected chi connectivity index (χ1v) is 16.7. The van der Waals surface area contributed by atoms with Crippen LogP contribution in [0.3, 0.4) is 0 Å². The van der Waals surface area contributed by atoms with Crippen LogP contribution in [0.5, 0.6) is 0 Å². The number of benzene rings is 5. The Labute approximate surface area is 282 Å². The minimum Gasteiger partial charge on any atom is -0.353 e. The van der Waals surface area contributed by atoms with Crippen molar-refractivity contribution in [2.45, 2.75) is 19.0 Å². The fourth-order valence-corrected chi connectivity index (χ4v) is 7.12. The Hall–Kier alpha value is -5.59. The van der Waals surface area contributed by atoms with Gasteiger partial charge in [0.05, 0.1) is 11.2 Å². The topological polar surface area (TPSA) is 50.1 Å². The molecule has 1 fully saturated rings. The van der Waals surface area contributed by atoms with Crippen molar-refractivity contribution < 1.29 is 0 Å². The van der Waals surface area contributed by atoms with E-state index in [1.54, 1.807) is 6.33 Å². The van der Waals surface area contributed by atoms with Crippen LogP contribution in [0, 0.1) is 6.92 Å². The highest BCUT2D eigenvalue weighted by molar-refractivity contribution is 5.92. The molecule has 5 aromatic carbocycles. The van der Waals surface area contributed by atoms with Gasteiger partial charge in [-0.2, -0.15) is 5.10 Å². The third kappa shape index (κ3) is 5.54. The molecule has 0 unspecified atom stereocenters. The van der Waals surface area contributed by atoms with Gasteiger partial charge in [-0.25, -0.2) is 9.97 Å². The van der Waals surface area contributed by atoms with E-state index in [0.29, 0.717) is 0 Å². The standard InChI is InChI=1S/C42H38N6/c1-32-17-19-33(20-18-32)30-46-25-27-47(28-26-46)41-38-29-34(21-22-40(38)43-31-44-41)39-23-24-48(45-39)42(35-11-5-2-6-12-35,36-13-7-3-8-14-36)37-15-9-4-10-16-37/h2-24,29,31H,25-28,30H2,1H3. The zero-order chi connectivity index (χ0) is 32.3. The highest BCUT2D eigenvalue weighted by Gasteiger charge is 2.39. The van der Waals surface area contributed by atoms with Crippen molar-refractivity contribution in [2.75, 3.05) is 31.1 Å². The third-order valence-corrected chi connectivity index (χ3v) is 9.62. The monoisotopic (exact) mass is 626 g/mol. The zero-order valence-corrected chi connectivity index (χ0v) is 27.2. The Morgan fingerprint density at radius 2 is 1.23 bits per heavy atom. The Morgan fingerprint density at radius 1 is 0.625 bits per heavy atom. The molecule has 0 bridgehead atoms. The number of rotatable bonds is 8. The van der Waals surface area contributed by atoms with E-state index in [9.17, 15) is 0 Å². The lowest BCUT2D eigenvalue weighted by molar-refractivity contribution is 0.249. The van der Waals surface area contributed by atoms with Gasteiger partial charge in [0.1, 0.15) is 17.7 Å². The van der Waals surface area contributed by atoms with Crippen LogP contribution >= 0.6 is 0 Å². The van der Waals surface area contributed by atoms with E-state index >= 15 is 0 Å². The highest BCUT2D eigenvalue weighted by Crippen LogP contribution is 2.41. The minimum absolute atomic E-state index is 0.661. The van der Waals surface area contributed by atoms with Crippen LogP contribution in [-0.4, -0.2) is 50.8 Å². The first-order chi connectivity index (χ1) is 23.7. The van der Waals surface area contributed by atoms with Gasteiger partial charge in [-0.3, -0.25) is 9.58 Å². The van der Waals surface area contributed by atoms with Crippen molar-refractivity contribution in [3.8, 4) is 11.3 Å². The Morgan fingerprint density at radius 3 is 1.83 bits per heavy atom. The predicted octanol–water partition coefficient (Wildman–Crippen LogP) is 7.96. The summed E-state index contributed by atoms with van der Waals surface area (Å²) in [7, 11) is 0. The number of piperazine rings is 1. The second kappa shape index (κ2) is 12.9. The van der Waals surface area contributed by atoms with Crippen molar-refractivity contribution in [2.24, 2.45) is 0 Å². The van der Waals surface area contributed by atoms with Crippen LogP contribution in [0.25, 0.3) is 22.2 Å². The first kappa shape index (κ1) is 29.8. The van der Waals surface area contributed by atoms with Gasteiger partial charge < -0.3 is 4.90 Å². The van der Waals surface area contributed by atoms with Gasteiger partial charge in [0.2, 0.25) is 0 Å².